The number of hydrogen-bond acceptors (Lipinski definition) is 6. The van der Waals surface area contributed by atoms with E-state index in [1.807, 2.05) is 36.4 Å². The molecule has 3 atom stereocenters. The second kappa shape index (κ2) is 10.5. The summed E-state index contributed by atoms with van der Waals surface area (Å²) in [4.78, 5) is 33.9. The zero-order valence-electron chi connectivity index (χ0n) is 20.5. The molecule has 0 radical (unpaired) electrons. The second-order valence-electron chi connectivity index (χ2n) is 9.82. The lowest BCUT2D eigenvalue weighted by Crippen LogP contribution is -2.40. The van der Waals surface area contributed by atoms with Crippen LogP contribution in [0.25, 0.3) is 10.8 Å². The predicted molar refractivity (Wildman–Crippen MR) is 140 cm³/mol. The van der Waals surface area contributed by atoms with Gasteiger partial charge in [0.25, 0.3) is 0 Å². The van der Waals surface area contributed by atoms with Crippen molar-refractivity contribution in [3.63, 3.8) is 0 Å². The van der Waals surface area contributed by atoms with Crippen molar-refractivity contribution in [3.8, 4) is 0 Å². The van der Waals surface area contributed by atoms with Crippen LogP contribution in [-0.2, 0) is 16.0 Å². The van der Waals surface area contributed by atoms with E-state index in [1.165, 1.54) is 0 Å². The summed E-state index contributed by atoms with van der Waals surface area (Å²) in [5, 5.41) is 18.7. The van der Waals surface area contributed by atoms with Crippen molar-refractivity contribution in [1.29, 1.82) is 0 Å². The smallest absolute Gasteiger partial charge is 0.326 e. The van der Waals surface area contributed by atoms with Crippen LogP contribution >= 0.6 is 0 Å². The fourth-order valence-corrected chi connectivity index (χ4v) is 5.67. The molecule has 186 valence electrons. The normalized spacial score (nSPS) is 20.3. The van der Waals surface area contributed by atoms with Gasteiger partial charge in [-0.25, -0.2) is 9.78 Å². The Labute approximate surface area is 211 Å². The van der Waals surface area contributed by atoms with Gasteiger partial charge in [-0.1, -0.05) is 38.3 Å². The molecule has 7 nitrogen and oxygen atoms in total. The number of anilines is 2. The van der Waals surface area contributed by atoms with Crippen LogP contribution in [0.4, 0.5) is 11.5 Å². The number of carboxylic acid groups (broad SMARTS) is 1. The van der Waals surface area contributed by atoms with E-state index in [2.05, 4.69) is 27.5 Å². The topological polar surface area (TPSA) is 104 Å². The van der Waals surface area contributed by atoms with Crippen LogP contribution in [0.1, 0.15) is 51.0 Å². The molecular weight excluding hydrogens is 452 g/mol. The minimum Gasteiger partial charge on any atom is -0.480 e. The first-order valence-corrected chi connectivity index (χ1v) is 12.9. The highest BCUT2D eigenvalue weighted by atomic mass is 16.4. The lowest BCUT2D eigenvalue weighted by Gasteiger charge is -2.28. The molecule has 1 saturated carbocycles. The molecule has 0 bridgehead atoms. The van der Waals surface area contributed by atoms with E-state index >= 15 is 0 Å². The molecule has 7 heteroatoms. The summed E-state index contributed by atoms with van der Waals surface area (Å²) in [6.07, 6.45) is 11.2. The molecule has 2 aliphatic carbocycles. The second-order valence-corrected chi connectivity index (χ2v) is 9.82. The number of allylic oxidation sites excluding steroid dienone is 2. The average molecular weight is 485 g/mol. The molecule has 0 spiro atoms. The molecule has 2 unspecified atom stereocenters. The van der Waals surface area contributed by atoms with Gasteiger partial charge in [0, 0.05) is 59.2 Å². The molecule has 2 aliphatic rings. The maximum atomic E-state index is 13.1. The van der Waals surface area contributed by atoms with Gasteiger partial charge in [0.2, 0.25) is 0 Å². The van der Waals surface area contributed by atoms with Crippen molar-refractivity contribution in [2.24, 2.45) is 11.8 Å². The summed E-state index contributed by atoms with van der Waals surface area (Å²) in [7, 11) is 0. The van der Waals surface area contributed by atoms with E-state index in [-0.39, 0.29) is 17.6 Å². The van der Waals surface area contributed by atoms with Gasteiger partial charge in [-0.15, -0.1) is 0 Å². The number of carbonyl (C=O) groups excluding carboxylic acids is 1. The highest BCUT2D eigenvalue weighted by Crippen LogP contribution is 2.44. The van der Waals surface area contributed by atoms with Crippen molar-refractivity contribution in [2.45, 2.75) is 57.9 Å². The van der Waals surface area contributed by atoms with Gasteiger partial charge in [0.05, 0.1) is 0 Å². The third kappa shape index (κ3) is 4.83. The van der Waals surface area contributed by atoms with E-state index in [4.69, 9.17) is 0 Å². The molecule has 2 aromatic heterocycles. The zero-order chi connectivity index (χ0) is 25.1. The van der Waals surface area contributed by atoms with E-state index in [9.17, 15) is 14.7 Å². The number of pyridine rings is 2. The maximum absolute atomic E-state index is 13.1. The lowest BCUT2D eigenvalue weighted by molar-refractivity contribution is -0.139. The first-order chi connectivity index (χ1) is 17.5. The van der Waals surface area contributed by atoms with Gasteiger partial charge in [0.1, 0.15) is 11.9 Å². The number of nitrogens with zero attached hydrogens (tertiary/aromatic N) is 2. The number of hydrogen-bond donors (Lipinski definition) is 3. The van der Waals surface area contributed by atoms with Gasteiger partial charge < -0.3 is 15.7 Å². The standard InChI is InChI=1S/C29H32N4O3/c1-2-5-23-26(21-6-3-4-7-22(21)27(23)34)33-25(29(35)36)16-18-8-10-20(11-9-18)32-28-24-17-30-14-12-19(24)13-15-31-28/h8-15,17,21-22,25,33H,2-7,16H2,1H3,(H,31,32)(H,35,36)/t21?,22?,25-/m0/s1. The number of benzene rings is 1. The highest BCUT2D eigenvalue weighted by Gasteiger charge is 2.43. The highest BCUT2D eigenvalue weighted by molar-refractivity contribution is 6.01. The van der Waals surface area contributed by atoms with E-state index in [1.54, 1.807) is 18.6 Å². The Bertz CT molecular complexity index is 1300. The summed E-state index contributed by atoms with van der Waals surface area (Å²) in [5.41, 5.74) is 3.50. The fourth-order valence-electron chi connectivity index (χ4n) is 5.67. The molecule has 0 aliphatic heterocycles. The molecule has 2 heterocycles. The molecule has 3 aromatic rings. The van der Waals surface area contributed by atoms with E-state index in [0.29, 0.717) is 12.8 Å². The summed E-state index contributed by atoms with van der Waals surface area (Å²) < 4.78 is 0. The quantitative estimate of drug-likeness (QED) is 0.373. The van der Waals surface area contributed by atoms with Crippen LogP contribution in [-0.4, -0.2) is 32.9 Å². The molecule has 3 N–H and O–H groups in total. The van der Waals surface area contributed by atoms with E-state index < -0.39 is 12.0 Å². The van der Waals surface area contributed by atoms with Crippen molar-refractivity contribution < 1.29 is 14.7 Å². The van der Waals surface area contributed by atoms with Crippen LogP contribution in [0, 0.1) is 11.8 Å². The first kappa shape index (κ1) is 24.0. The number of ketones is 1. The Hall–Kier alpha value is -3.74. The average Bonchev–Trinajstić information content (AvgIpc) is 3.16. The molecular formula is C29H32N4O3. The number of fused-ring (bicyclic) bond motifs is 2. The fraction of sp³-hybridized carbons (Fsp3) is 0.379. The largest absolute Gasteiger partial charge is 0.480 e. The Morgan fingerprint density at radius 3 is 2.58 bits per heavy atom. The van der Waals surface area contributed by atoms with E-state index in [0.717, 1.165) is 71.2 Å². The number of rotatable bonds is 9. The van der Waals surface area contributed by atoms with Gasteiger partial charge in [-0.3, -0.25) is 9.78 Å². The Morgan fingerprint density at radius 2 is 1.83 bits per heavy atom. The minimum absolute atomic E-state index is 0.0282. The number of aromatic nitrogens is 2. The summed E-state index contributed by atoms with van der Waals surface area (Å²) in [5.74, 6) is 0.228. The number of aliphatic carboxylic acids is 1. The number of carboxylic acids is 1. The van der Waals surface area contributed by atoms with Crippen LogP contribution in [0.15, 0.2) is 66.3 Å². The Kier molecular flexibility index (Phi) is 6.98. The molecule has 0 amide bonds. The number of nitrogens with one attached hydrogen (secondary N) is 2. The Balaban J connectivity index is 1.32. The molecule has 1 aromatic carbocycles. The molecule has 36 heavy (non-hydrogen) atoms. The van der Waals surface area contributed by atoms with Gasteiger partial charge in [-0.05, 0) is 54.5 Å². The monoisotopic (exact) mass is 484 g/mol. The zero-order valence-corrected chi connectivity index (χ0v) is 20.5. The number of carbonyl (C=O) groups is 2. The van der Waals surface area contributed by atoms with Crippen LogP contribution in [0.5, 0.6) is 0 Å². The summed E-state index contributed by atoms with van der Waals surface area (Å²) in [6.45, 7) is 2.06. The summed E-state index contributed by atoms with van der Waals surface area (Å²) in [6, 6.07) is 10.8. The maximum Gasteiger partial charge on any atom is 0.326 e. The third-order valence-corrected chi connectivity index (χ3v) is 7.45. The minimum atomic E-state index is -0.903. The van der Waals surface area contributed by atoms with Crippen molar-refractivity contribution >= 4 is 34.0 Å². The molecule has 1 fully saturated rings. The lowest BCUT2D eigenvalue weighted by atomic mass is 9.79. The van der Waals surface area contributed by atoms with Crippen molar-refractivity contribution in [3.05, 3.63) is 71.8 Å². The molecule has 0 saturated heterocycles. The van der Waals surface area contributed by atoms with Gasteiger partial charge in [0.15, 0.2) is 5.78 Å². The molecule has 5 rings (SSSR count). The van der Waals surface area contributed by atoms with Gasteiger partial charge in [-0.2, -0.15) is 0 Å². The van der Waals surface area contributed by atoms with Crippen molar-refractivity contribution in [1.82, 2.24) is 15.3 Å². The van der Waals surface area contributed by atoms with Gasteiger partial charge >= 0.3 is 5.97 Å². The SMILES string of the molecule is CCCC1=C(N[C@@H](Cc2ccc(Nc3nccc4ccncc34)cc2)C(=O)O)C2CCCCC2C1=O. The summed E-state index contributed by atoms with van der Waals surface area (Å²) >= 11 is 0. The first-order valence-electron chi connectivity index (χ1n) is 12.9. The van der Waals surface area contributed by atoms with Crippen molar-refractivity contribution in [2.75, 3.05) is 5.32 Å². The number of Topliss-reactive ketones (excluding diaryl/α,β-unsaturated/α-hetero) is 1. The van der Waals surface area contributed by atoms with Crippen LogP contribution < -0.4 is 10.6 Å². The predicted octanol–water partition coefficient (Wildman–Crippen LogP) is 5.40. The Morgan fingerprint density at radius 1 is 1.08 bits per heavy atom. The van der Waals surface area contributed by atoms with Crippen LogP contribution in [0.2, 0.25) is 0 Å². The third-order valence-electron chi connectivity index (χ3n) is 7.45. The van der Waals surface area contributed by atoms with Crippen LogP contribution in [0.3, 0.4) is 0 Å².